The molecule has 0 saturated carbocycles. The van der Waals surface area contributed by atoms with Gasteiger partial charge in [-0.3, -0.25) is 4.98 Å². The Bertz CT molecular complexity index is 1140. The summed E-state index contributed by atoms with van der Waals surface area (Å²) >= 11 is 0. The third-order valence-electron chi connectivity index (χ3n) is 6.94. The van der Waals surface area contributed by atoms with Crippen LogP contribution in [0.4, 0.5) is 23.1 Å². The second kappa shape index (κ2) is 11.6. The number of ether oxygens (including phenoxy) is 1. The van der Waals surface area contributed by atoms with Crippen molar-refractivity contribution in [1.82, 2.24) is 15.0 Å². The molecule has 0 atom stereocenters. The number of nitrogens with one attached hydrogen (secondary N) is 1. The molecule has 4 rings (SSSR count). The van der Waals surface area contributed by atoms with E-state index in [0.717, 1.165) is 66.8 Å². The van der Waals surface area contributed by atoms with Crippen LogP contribution < -0.4 is 19.9 Å². The minimum absolute atomic E-state index is 0.357. The van der Waals surface area contributed by atoms with Crippen molar-refractivity contribution in [2.24, 2.45) is 5.92 Å². The molecule has 7 nitrogen and oxygen atoms in total. The molecule has 192 valence electrons. The molecule has 1 aromatic carbocycles. The van der Waals surface area contributed by atoms with Gasteiger partial charge in [0, 0.05) is 45.3 Å². The standard InChI is InChI=1S/C29H40N6O/c1-7-36-27-16-21(4)25(18-24(27)20(2)3)32-28-26(34(5)6)19-31-29(33-28)35-14-10-23(11-15-35)17-22-8-12-30-13-9-22/h8-9,12-13,16,18-20,23H,7,10-11,14-15,17H2,1-6H3,(H,31,32,33). The van der Waals surface area contributed by atoms with Gasteiger partial charge in [0.25, 0.3) is 0 Å². The van der Waals surface area contributed by atoms with Crippen molar-refractivity contribution in [3.63, 3.8) is 0 Å². The molecule has 36 heavy (non-hydrogen) atoms. The lowest BCUT2D eigenvalue weighted by Gasteiger charge is -2.32. The number of anilines is 4. The summed E-state index contributed by atoms with van der Waals surface area (Å²) in [6, 6.07) is 8.59. The van der Waals surface area contributed by atoms with E-state index >= 15 is 0 Å². The zero-order chi connectivity index (χ0) is 25.7. The molecule has 1 N–H and O–H groups in total. The number of nitrogens with zero attached hydrogens (tertiary/aromatic N) is 5. The van der Waals surface area contributed by atoms with E-state index in [1.807, 2.05) is 39.6 Å². The first kappa shape index (κ1) is 25.7. The SMILES string of the molecule is CCOc1cc(C)c(Nc2nc(N3CCC(Cc4ccncc4)CC3)ncc2N(C)C)cc1C(C)C. The Morgan fingerprint density at radius 3 is 2.50 bits per heavy atom. The van der Waals surface area contributed by atoms with Crippen LogP contribution in [-0.2, 0) is 6.42 Å². The molecular formula is C29H40N6O. The normalized spacial score (nSPS) is 14.2. The average Bonchev–Trinajstić information content (AvgIpc) is 2.86. The first-order valence-corrected chi connectivity index (χ1v) is 13.1. The molecule has 0 radical (unpaired) electrons. The Labute approximate surface area is 215 Å². The van der Waals surface area contributed by atoms with Crippen molar-refractivity contribution in [3.05, 3.63) is 59.5 Å². The lowest BCUT2D eigenvalue weighted by Crippen LogP contribution is -2.35. The Balaban J connectivity index is 1.54. The van der Waals surface area contributed by atoms with E-state index < -0.39 is 0 Å². The smallest absolute Gasteiger partial charge is 0.227 e. The molecule has 3 aromatic rings. The molecule has 1 saturated heterocycles. The van der Waals surface area contributed by atoms with Crippen LogP contribution in [0.5, 0.6) is 5.75 Å². The second-order valence-corrected chi connectivity index (χ2v) is 10.2. The maximum Gasteiger partial charge on any atom is 0.227 e. The third-order valence-corrected chi connectivity index (χ3v) is 6.94. The minimum Gasteiger partial charge on any atom is -0.494 e. The highest BCUT2D eigenvalue weighted by Gasteiger charge is 2.23. The Hall–Kier alpha value is -3.35. The van der Waals surface area contributed by atoms with Gasteiger partial charge in [0.05, 0.1) is 18.5 Å². The fourth-order valence-electron chi connectivity index (χ4n) is 4.82. The van der Waals surface area contributed by atoms with Gasteiger partial charge >= 0.3 is 0 Å². The lowest BCUT2D eigenvalue weighted by atomic mass is 9.90. The molecule has 3 heterocycles. The number of aryl methyl sites for hydroxylation is 1. The van der Waals surface area contributed by atoms with Crippen LogP contribution in [0.15, 0.2) is 42.9 Å². The molecule has 1 aliphatic heterocycles. The Kier molecular flexibility index (Phi) is 8.28. The average molecular weight is 489 g/mol. The largest absolute Gasteiger partial charge is 0.494 e. The molecule has 1 aliphatic rings. The summed E-state index contributed by atoms with van der Waals surface area (Å²) in [4.78, 5) is 18.3. The van der Waals surface area contributed by atoms with Gasteiger partial charge in [0.2, 0.25) is 5.95 Å². The van der Waals surface area contributed by atoms with Crippen molar-refractivity contribution in [3.8, 4) is 5.75 Å². The third kappa shape index (κ3) is 6.07. The molecule has 0 aliphatic carbocycles. The summed E-state index contributed by atoms with van der Waals surface area (Å²) < 4.78 is 5.92. The Morgan fingerprint density at radius 2 is 1.86 bits per heavy atom. The van der Waals surface area contributed by atoms with E-state index in [9.17, 15) is 0 Å². The van der Waals surface area contributed by atoms with E-state index in [0.29, 0.717) is 18.4 Å². The van der Waals surface area contributed by atoms with E-state index in [4.69, 9.17) is 14.7 Å². The minimum atomic E-state index is 0.357. The molecule has 0 spiro atoms. The molecular weight excluding hydrogens is 448 g/mol. The first-order chi connectivity index (χ1) is 17.4. The van der Waals surface area contributed by atoms with E-state index in [2.05, 4.69) is 65.1 Å². The first-order valence-electron chi connectivity index (χ1n) is 13.1. The van der Waals surface area contributed by atoms with Gasteiger partial charge in [-0.1, -0.05) is 13.8 Å². The van der Waals surface area contributed by atoms with Crippen molar-refractivity contribution < 1.29 is 4.74 Å². The zero-order valence-corrected chi connectivity index (χ0v) is 22.6. The summed E-state index contributed by atoms with van der Waals surface area (Å²) in [5.74, 6) is 3.61. The summed E-state index contributed by atoms with van der Waals surface area (Å²) in [6.07, 6.45) is 9.09. The number of benzene rings is 1. The van der Waals surface area contributed by atoms with Crippen LogP contribution in [0, 0.1) is 12.8 Å². The molecule has 2 aromatic heterocycles. The van der Waals surface area contributed by atoms with Crippen LogP contribution in [0.25, 0.3) is 0 Å². The fraction of sp³-hybridized carbons (Fsp3) is 0.483. The number of hydrogen-bond donors (Lipinski definition) is 1. The Morgan fingerprint density at radius 1 is 1.14 bits per heavy atom. The van der Waals surface area contributed by atoms with Crippen molar-refractivity contribution >= 4 is 23.1 Å². The van der Waals surface area contributed by atoms with Gasteiger partial charge in [-0.25, -0.2) is 4.98 Å². The van der Waals surface area contributed by atoms with Crippen LogP contribution in [-0.4, -0.2) is 48.7 Å². The molecule has 0 amide bonds. The quantitative estimate of drug-likeness (QED) is 0.398. The summed E-state index contributed by atoms with van der Waals surface area (Å²) in [7, 11) is 4.05. The van der Waals surface area contributed by atoms with Crippen molar-refractivity contribution in [2.75, 3.05) is 48.9 Å². The summed E-state index contributed by atoms with van der Waals surface area (Å²) in [6.45, 7) is 11.1. The molecule has 0 bridgehead atoms. The monoisotopic (exact) mass is 488 g/mol. The maximum atomic E-state index is 5.92. The van der Waals surface area contributed by atoms with Crippen LogP contribution >= 0.6 is 0 Å². The highest BCUT2D eigenvalue weighted by molar-refractivity contribution is 5.74. The lowest BCUT2D eigenvalue weighted by molar-refractivity contribution is 0.335. The van der Waals surface area contributed by atoms with Gasteiger partial charge in [0.15, 0.2) is 5.82 Å². The molecule has 0 unspecified atom stereocenters. The van der Waals surface area contributed by atoms with Crippen LogP contribution in [0.3, 0.4) is 0 Å². The van der Waals surface area contributed by atoms with E-state index in [1.54, 1.807) is 0 Å². The van der Waals surface area contributed by atoms with Crippen LogP contribution in [0.2, 0.25) is 0 Å². The van der Waals surface area contributed by atoms with Gasteiger partial charge in [-0.15, -0.1) is 0 Å². The zero-order valence-electron chi connectivity index (χ0n) is 22.6. The number of pyridine rings is 1. The van der Waals surface area contributed by atoms with Crippen molar-refractivity contribution in [2.45, 2.75) is 52.9 Å². The van der Waals surface area contributed by atoms with Crippen LogP contribution in [0.1, 0.15) is 56.2 Å². The van der Waals surface area contributed by atoms with E-state index in [1.165, 1.54) is 11.1 Å². The van der Waals surface area contributed by atoms with Crippen molar-refractivity contribution in [1.29, 1.82) is 0 Å². The summed E-state index contributed by atoms with van der Waals surface area (Å²) in [5, 5.41) is 3.63. The highest BCUT2D eigenvalue weighted by Crippen LogP contribution is 2.35. The summed E-state index contributed by atoms with van der Waals surface area (Å²) in [5.41, 5.74) is 5.70. The highest BCUT2D eigenvalue weighted by atomic mass is 16.5. The maximum absolute atomic E-state index is 5.92. The number of hydrogen-bond acceptors (Lipinski definition) is 7. The number of rotatable bonds is 9. The van der Waals surface area contributed by atoms with Gasteiger partial charge < -0.3 is 19.9 Å². The number of aromatic nitrogens is 3. The predicted octanol–water partition coefficient (Wildman–Crippen LogP) is 5.97. The topological polar surface area (TPSA) is 66.4 Å². The van der Waals surface area contributed by atoms with Gasteiger partial charge in [-0.2, -0.15) is 4.98 Å². The fourth-order valence-corrected chi connectivity index (χ4v) is 4.82. The predicted molar refractivity (Wildman–Crippen MR) is 149 cm³/mol. The van der Waals surface area contributed by atoms with E-state index in [-0.39, 0.29) is 0 Å². The second-order valence-electron chi connectivity index (χ2n) is 10.2. The van der Waals surface area contributed by atoms with Gasteiger partial charge in [-0.05, 0) is 85.9 Å². The molecule has 1 fully saturated rings. The molecule has 7 heteroatoms. The number of piperidine rings is 1. The van der Waals surface area contributed by atoms with Gasteiger partial charge in [0.1, 0.15) is 5.75 Å².